The lowest BCUT2D eigenvalue weighted by atomic mass is 10.3. The zero-order valence-electron chi connectivity index (χ0n) is 10.7. The van der Waals surface area contributed by atoms with E-state index in [1.54, 1.807) is 0 Å². The summed E-state index contributed by atoms with van der Waals surface area (Å²) in [5, 5.41) is 8.51. The molecule has 0 amide bonds. The Kier molecular flexibility index (Phi) is 5.41. The number of ether oxygens (including phenoxy) is 2. The molecule has 0 radical (unpaired) electrons. The van der Waals surface area contributed by atoms with Crippen LogP contribution in [0.3, 0.4) is 0 Å². The van der Waals surface area contributed by atoms with Crippen molar-refractivity contribution in [3.63, 3.8) is 0 Å². The highest BCUT2D eigenvalue weighted by molar-refractivity contribution is 5.30. The Bertz CT molecular complexity index is 412. The molecular weight excluding hydrogens is 240 g/mol. The first-order valence-electron chi connectivity index (χ1n) is 6.42. The molecule has 1 fully saturated rings. The smallest absolute Gasteiger partial charge is 0.154 e. The van der Waals surface area contributed by atoms with Crippen LogP contribution in [0.5, 0.6) is 11.5 Å². The minimum absolute atomic E-state index is 0.454. The molecule has 0 aliphatic carbocycles. The van der Waals surface area contributed by atoms with Crippen molar-refractivity contribution in [1.82, 2.24) is 0 Å². The van der Waals surface area contributed by atoms with E-state index >= 15 is 0 Å². The summed E-state index contributed by atoms with van der Waals surface area (Å²) < 4.78 is 10.3. The molecule has 0 bridgehead atoms. The van der Waals surface area contributed by atoms with Crippen LogP contribution >= 0.6 is 0 Å². The predicted molar refractivity (Wildman–Crippen MR) is 74.2 cm³/mol. The second kappa shape index (κ2) is 7.56. The number of para-hydroxylation sites is 2. The third kappa shape index (κ3) is 5.12. The molecule has 1 unspecified atom stereocenters. The van der Waals surface area contributed by atoms with Crippen molar-refractivity contribution in [3.8, 4) is 11.5 Å². The SMILES string of the molecule is OC1CCCO1.c1ccc(Oc2ccccc2)cc1. The van der Waals surface area contributed by atoms with Gasteiger partial charge in [0.2, 0.25) is 0 Å². The molecule has 1 atom stereocenters. The Morgan fingerprint density at radius 3 is 1.74 bits per heavy atom. The highest BCUT2D eigenvalue weighted by Crippen LogP contribution is 2.19. The summed E-state index contributed by atoms with van der Waals surface area (Å²) in [7, 11) is 0. The van der Waals surface area contributed by atoms with Gasteiger partial charge in [0.05, 0.1) is 0 Å². The van der Waals surface area contributed by atoms with E-state index in [-0.39, 0.29) is 0 Å². The molecule has 3 rings (SSSR count). The van der Waals surface area contributed by atoms with Crippen molar-refractivity contribution in [2.24, 2.45) is 0 Å². The van der Waals surface area contributed by atoms with Crippen molar-refractivity contribution in [2.45, 2.75) is 19.1 Å². The van der Waals surface area contributed by atoms with Crippen LogP contribution in [0, 0.1) is 0 Å². The molecule has 1 heterocycles. The van der Waals surface area contributed by atoms with E-state index in [0.29, 0.717) is 0 Å². The number of aliphatic hydroxyl groups excluding tert-OH is 1. The van der Waals surface area contributed by atoms with E-state index in [0.717, 1.165) is 30.9 Å². The van der Waals surface area contributed by atoms with Gasteiger partial charge in [-0.05, 0) is 30.7 Å². The van der Waals surface area contributed by atoms with Crippen LogP contribution < -0.4 is 4.74 Å². The van der Waals surface area contributed by atoms with Gasteiger partial charge in [0, 0.05) is 13.0 Å². The molecule has 1 aliphatic rings. The molecule has 1 aliphatic heterocycles. The van der Waals surface area contributed by atoms with Gasteiger partial charge in [-0.3, -0.25) is 0 Å². The first-order chi connectivity index (χ1) is 9.34. The largest absolute Gasteiger partial charge is 0.457 e. The summed E-state index contributed by atoms with van der Waals surface area (Å²) in [4.78, 5) is 0. The maximum Gasteiger partial charge on any atom is 0.154 e. The van der Waals surface area contributed by atoms with Crippen LogP contribution in [0.1, 0.15) is 12.8 Å². The minimum atomic E-state index is -0.454. The Labute approximate surface area is 113 Å². The topological polar surface area (TPSA) is 38.7 Å². The van der Waals surface area contributed by atoms with Gasteiger partial charge >= 0.3 is 0 Å². The molecule has 1 N–H and O–H groups in total. The lowest BCUT2D eigenvalue weighted by Crippen LogP contribution is -1.99. The Morgan fingerprint density at radius 2 is 1.42 bits per heavy atom. The number of benzene rings is 2. The normalized spacial score (nSPS) is 17.4. The van der Waals surface area contributed by atoms with Crippen molar-refractivity contribution >= 4 is 0 Å². The Hall–Kier alpha value is -1.84. The maximum absolute atomic E-state index is 8.51. The highest BCUT2D eigenvalue weighted by Gasteiger charge is 2.09. The van der Waals surface area contributed by atoms with Gasteiger partial charge in [-0.1, -0.05) is 36.4 Å². The number of hydrogen-bond donors (Lipinski definition) is 1. The van der Waals surface area contributed by atoms with E-state index in [4.69, 9.17) is 14.6 Å². The van der Waals surface area contributed by atoms with E-state index in [9.17, 15) is 0 Å². The van der Waals surface area contributed by atoms with Gasteiger partial charge in [-0.15, -0.1) is 0 Å². The zero-order valence-corrected chi connectivity index (χ0v) is 10.7. The number of rotatable bonds is 2. The zero-order chi connectivity index (χ0) is 13.3. The van der Waals surface area contributed by atoms with Crippen LogP contribution in [-0.2, 0) is 4.74 Å². The molecule has 3 nitrogen and oxygen atoms in total. The van der Waals surface area contributed by atoms with Crippen LogP contribution in [0.2, 0.25) is 0 Å². The summed E-state index contributed by atoms with van der Waals surface area (Å²) in [6.07, 6.45) is 1.38. The minimum Gasteiger partial charge on any atom is -0.457 e. The standard InChI is InChI=1S/C12H10O.C4H8O2/c1-3-7-11(8-4-1)13-12-9-5-2-6-10-12;5-4-2-1-3-6-4/h1-10H;4-5H,1-3H2. The van der Waals surface area contributed by atoms with Gasteiger partial charge in [-0.2, -0.15) is 0 Å². The van der Waals surface area contributed by atoms with Crippen LogP contribution in [-0.4, -0.2) is 18.0 Å². The predicted octanol–water partition coefficient (Wildman–Crippen LogP) is 3.59. The van der Waals surface area contributed by atoms with Crippen molar-refractivity contribution in [2.75, 3.05) is 6.61 Å². The lowest BCUT2D eigenvalue weighted by molar-refractivity contribution is -0.0589. The average Bonchev–Trinajstić information content (AvgIpc) is 2.93. The first-order valence-corrected chi connectivity index (χ1v) is 6.42. The quantitative estimate of drug-likeness (QED) is 0.894. The Balaban J connectivity index is 0.000000186. The summed E-state index contributed by atoms with van der Waals surface area (Å²) in [6.45, 7) is 0.737. The fourth-order valence-corrected chi connectivity index (χ4v) is 1.67. The van der Waals surface area contributed by atoms with Crippen LogP contribution in [0.25, 0.3) is 0 Å². The molecule has 0 spiro atoms. The second-order valence-corrected chi connectivity index (χ2v) is 4.20. The van der Waals surface area contributed by atoms with E-state index < -0.39 is 6.29 Å². The van der Waals surface area contributed by atoms with Crippen LogP contribution in [0.4, 0.5) is 0 Å². The van der Waals surface area contributed by atoms with Crippen LogP contribution in [0.15, 0.2) is 60.7 Å². The van der Waals surface area contributed by atoms with E-state index in [1.807, 2.05) is 60.7 Å². The van der Waals surface area contributed by atoms with Crippen molar-refractivity contribution < 1.29 is 14.6 Å². The fraction of sp³-hybridized carbons (Fsp3) is 0.250. The fourth-order valence-electron chi connectivity index (χ4n) is 1.67. The summed E-state index contributed by atoms with van der Waals surface area (Å²) in [5.41, 5.74) is 0. The Morgan fingerprint density at radius 1 is 0.895 bits per heavy atom. The van der Waals surface area contributed by atoms with Gasteiger partial charge in [0.15, 0.2) is 6.29 Å². The molecule has 2 aromatic rings. The summed E-state index contributed by atoms with van der Waals surface area (Å²) >= 11 is 0. The third-order valence-corrected chi connectivity index (χ3v) is 2.63. The van der Waals surface area contributed by atoms with Gasteiger partial charge < -0.3 is 14.6 Å². The highest BCUT2D eigenvalue weighted by atomic mass is 16.6. The number of hydrogen-bond acceptors (Lipinski definition) is 3. The monoisotopic (exact) mass is 258 g/mol. The average molecular weight is 258 g/mol. The molecule has 0 aromatic heterocycles. The maximum atomic E-state index is 8.51. The van der Waals surface area contributed by atoms with Gasteiger partial charge in [0.1, 0.15) is 11.5 Å². The van der Waals surface area contributed by atoms with Gasteiger partial charge in [-0.25, -0.2) is 0 Å². The van der Waals surface area contributed by atoms with Crippen molar-refractivity contribution in [1.29, 1.82) is 0 Å². The third-order valence-electron chi connectivity index (χ3n) is 2.63. The van der Waals surface area contributed by atoms with E-state index in [2.05, 4.69) is 0 Å². The molecule has 19 heavy (non-hydrogen) atoms. The van der Waals surface area contributed by atoms with E-state index in [1.165, 1.54) is 0 Å². The lowest BCUT2D eigenvalue weighted by Gasteiger charge is -2.03. The first kappa shape index (κ1) is 13.6. The number of aliphatic hydroxyl groups is 1. The molecule has 3 heteroatoms. The summed E-state index contributed by atoms with van der Waals surface area (Å²) in [6, 6.07) is 19.5. The summed E-state index contributed by atoms with van der Waals surface area (Å²) in [5.74, 6) is 1.74. The van der Waals surface area contributed by atoms with Gasteiger partial charge in [0.25, 0.3) is 0 Å². The molecular formula is C16H18O3. The second-order valence-electron chi connectivity index (χ2n) is 4.20. The van der Waals surface area contributed by atoms with Crippen molar-refractivity contribution in [3.05, 3.63) is 60.7 Å². The molecule has 100 valence electrons. The molecule has 2 aromatic carbocycles. The molecule has 0 saturated carbocycles. The molecule has 1 saturated heterocycles.